The molecular formula is C17H22N2O4. The lowest BCUT2D eigenvalue weighted by molar-refractivity contribution is -0.146. The van der Waals surface area contributed by atoms with E-state index in [1.807, 2.05) is 19.9 Å². The van der Waals surface area contributed by atoms with Gasteiger partial charge in [0, 0.05) is 6.42 Å². The van der Waals surface area contributed by atoms with E-state index in [1.54, 1.807) is 24.3 Å². The summed E-state index contributed by atoms with van der Waals surface area (Å²) in [6.45, 7) is 3.78. The number of nitrogens with zero attached hydrogens (tertiary/aromatic N) is 1. The van der Waals surface area contributed by atoms with Crippen LogP contribution >= 0.6 is 0 Å². The average Bonchev–Trinajstić information content (AvgIpc) is 2.52. The molecule has 0 radical (unpaired) electrons. The Labute approximate surface area is 136 Å². The molecule has 1 aromatic rings. The highest BCUT2D eigenvalue weighted by Gasteiger charge is 2.25. The number of carbonyl (C=O) groups excluding carboxylic acids is 2. The Balaban J connectivity index is 2.82. The van der Waals surface area contributed by atoms with E-state index in [4.69, 9.17) is 10.00 Å². The van der Waals surface area contributed by atoms with Gasteiger partial charge in [0.2, 0.25) is 5.91 Å². The van der Waals surface area contributed by atoms with E-state index < -0.39 is 24.0 Å². The predicted molar refractivity (Wildman–Crippen MR) is 84.3 cm³/mol. The van der Waals surface area contributed by atoms with Gasteiger partial charge in [-0.2, -0.15) is 5.26 Å². The second-order valence-electron chi connectivity index (χ2n) is 5.75. The minimum absolute atomic E-state index is 0.152. The number of amides is 1. The molecule has 0 aromatic heterocycles. The first-order chi connectivity index (χ1) is 10.9. The molecule has 2 atom stereocenters. The van der Waals surface area contributed by atoms with E-state index in [9.17, 15) is 14.7 Å². The van der Waals surface area contributed by atoms with Crippen molar-refractivity contribution in [3.05, 3.63) is 35.4 Å². The molecule has 0 aliphatic rings. The van der Waals surface area contributed by atoms with Crippen LogP contribution in [0.2, 0.25) is 0 Å². The second kappa shape index (κ2) is 8.91. The topological polar surface area (TPSA) is 99.4 Å². The van der Waals surface area contributed by atoms with Crippen LogP contribution in [0.1, 0.15) is 31.4 Å². The van der Waals surface area contributed by atoms with Crippen molar-refractivity contribution >= 4 is 11.9 Å². The van der Waals surface area contributed by atoms with Crippen LogP contribution < -0.4 is 5.32 Å². The van der Waals surface area contributed by atoms with E-state index in [2.05, 4.69) is 5.32 Å². The molecule has 6 nitrogen and oxygen atoms in total. The molecule has 0 saturated carbocycles. The SMILES string of the molecule is COC(=O)[C@H](Cc1cccc(C#N)c1)NC(=O)[C@@H](O)CC(C)C. The molecule has 0 spiro atoms. The van der Waals surface area contributed by atoms with Gasteiger partial charge < -0.3 is 15.2 Å². The van der Waals surface area contributed by atoms with Crippen LogP contribution in [0.4, 0.5) is 0 Å². The van der Waals surface area contributed by atoms with Gasteiger partial charge in [-0.25, -0.2) is 4.79 Å². The Kier molecular flexibility index (Phi) is 7.23. The summed E-state index contributed by atoms with van der Waals surface area (Å²) >= 11 is 0. The number of nitrogens with one attached hydrogen (secondary N) is 1. The summed E-state index contributed by atoms with van der Waals surface area (Å²) in [4.78, 5) is 23.9. The summed E-state index contributed by atoms with van der Waals surface area (Å²) in [5.41, 5.74) is 1.19. The molecule has 1 amide bonds. The molecule has 0 aliphatic heterocycles. The van der Waals surface area contributed by atoms with Crippen LogP contribution in [0.5, 0.6) is 0 Å². The largest absolute Gasteiger partial charge is 0.467 e. The summed E-state index contributed by atoms with van der Waals surface area (Å²) in [5, 5.41) is 21.3. The van der Waals surface area contributed by atoms with Crippen molar-refractivity contribution in [2.45, 2.75) is 38.8 Å². The second-order valence-corrected chi connectivity index (χ2v) is 5.75. The lowest BCUT2D eigenvalue weighted by Gasteiger charge is -2.19. The third kappa shape index (κ3) is 6.09. The molecule has 0 saturated heterocycles. The zero-order chi connectivity index (χ0) is 17.4. The van der Waals surface area contributed by atoms with Crippen LogP contribution in [0.15, 0.2) is 24.3 Å². The molecule has 0 heterocycles. The van der Waals surface area contributed by atoms with Gasteiger partial charge in [0.15, 0.2) is 0 Å². The Morgan fingerprint density at radius 1 is 1.39 bits per heavy atom. The van der Waals surface area contributed by atoms with Crippen molar-refractivity contribution in [3.8, 4) is 6.07 Å². The average molecular weight is 318 g/mol. The maximum Gasteiger partial charge on any atom is 0.328 e. The molecule has 2 N–H and O–H groups in total. The monoisotopic (exact) mass is 318 g/mol. The van der Waals surface area contributed by atoms with Crippen LogP contribution in [-0.2, 0) is 20.7 Å². The van der Waals surface area contributed by atoms with Gasteiger partial charge in [0.1, 0.15) is 12.1 Å². The number of nitriles is 1. The molecule has 0 aliphatic carbocycles. The first kappa shape index (κ1) is 18.7. The first-order valence-electron chi connectivity index (χ1n) is 7.42. The maximum absolute atomic E-state index is 12.0. The summed E-state index contributed by atoms with van der Waals surface area (Å²) in [6, 6.07) is 7.87. The van der Waals surface area contributed by atoms with E-state index in [1.165, 1.54) is 7.11 Å². The van der Waals surface area contributed by atoms with Crippen LogP contribution in [0.25, 0.3) is 0 Å². The fourth-order valence-electron chi connectivity index (χ4n) is 2.16. The number of rotatable bonds is 7. The summed E-state index contributed by atoms with van der Waals surface area (Å²) in [6.07, 6.45) is -0.681. The first-order valence-corrected chi connectivity index (χ1v) is 7.42. The van der Waals surface area contributed by atoms with Crippen LogP contribution in [-0.4, -0.2) is 36.2 Å². The highest BCUT2D eigenvalue weighted by atomic mass is 16.5. The number of esters is 1. The summed E-state index contributed by atoms with van der Waals surface area (Å²) in [7, 11) is 1.23. The third-order valence-electron chi connectivity index (χ3n) is 3.30. The van der Waals surface area contributed by atoms with Crippen molar-refractivity contribution in [3.63, 3.8) is 0 Å². The molecular weight excluding hydrogens is 296 g/mol. The van der Waals surface area contributed by atoms with Gasteiger partial charge in [-0.05, 0) is 30.0 Å². The zero-order valence-corrected chi connectivity index (χ0v) is 13.6. The van der Waals surface area contributed by atoms with Crippen LogP contribution in [0.3, 0.4) is 0 Å². The van der Waals surface area contributed by atoms with Crippen molar-refractivity contribution in [1.82, 2.24) is 5.32 Å². The molecule has 1 rings (SSSR count). The van der Waals surface area contributed by atoms with Gasteiger partial charge in [-0.3, -0.25) is 4.79 Å². The van der Waals surface area contributed by atoms with Crippen LogP contribution in [0, 0.1) is 17.2 Å². The number of benzene rings is 1. The van der Waals surface area contributed by atoms with E-state index in [0.29, 0.717) is 12.0 Å². The number of aliphatic hydroxyl groups is 1. The van der Waals surface area contributed by atoms with Crippen molar-refractivity contribution in [1.29, 1.82) is 5.26 Å². The Morgan fingerprint density at radius 2 is 2.09 bits per heavy atom. The maximum atomic E-state index is 12.0. The van der Waals surface area contributed by atoms with Gasteiger partial charge in [-0.15, -0.1) is 0 Å². The highest BCUT2D eigenvalue weighted by Crippen LogP contribution is 2.10. The summed E-state index contributed by atoms with van der Waals surface area (Å²) in [5.74, 6) is -1.05. The normalized spacial score (nSPS) is 13.0. The Hall–Kier alpha value is -2.39. The molecule has 124 valence electrons. The quantitative estimate of drug-likeness (QED) is 0.735. The molecule has 0 bridgehead atoms. The number of carbonyl (C=O) groups is 2. The van der Waals surface area contributed by atoms with E-state index in [-0.39, 0.29) is 12.3 Å². The minimum atomic E-state index is -1.17. The van der Waals surface area contributed by atoms with Crippen molar-refractivity contribution in [2.24, 2.45) is 5.92 Å². The molecule has 1 aromatic carbocycles. The molecule has 6 heteroatoms. The number of ether oxygens (including phenoxy) is 1. The fraction of sp³-hybridized carbons (Fsp3) is 0.471. The van der Waals surface area contributed by atoms with Gasteiger partial charge in [-0.1, -0.05) is 26.0 Å². The minimum Gasteiger partial charge on any atom is -0.467 e. The van der Waals surface area contributed by atoms with E-state index >= 15 is 0 Å². The Bertz CT molecular complexity index is 593. The smallest absolute Gasteiger partial charge is 0.328 e. The number of aliphatic hydroxyl groups excluding tert-OH is 1. The van der Waals surface area contributed by atoms with Gasteiger partial charge in [0.25, 0.3) is 0 Å². The number of hydrogen-bond acceptors (Lipinski definition) is 5. The number of hydrogen-bond donors (Lipinski definition) is 2. The predicted octanol–water partition coefficient (Wildman–Crippen LogP) is 1.17. The molecule has 0 unspecified atom stereocenters. The standard InChI is InChI=1S/C17H22N2O4/c1-11(2)7-15(20)16(21)19-14(17(22)23-3)9-12-5-4-6-13(8-12)10-18/h4-6,8,11,14-15,20H,7,9H2,1-3H3,(H,19,21)/t14-,15-/m0/s1. The van der Waals surface area contributed by atoms with Crippen molar-refractivity contribution < 1.29 is 19.4 Å². The van der Waals surface area contributed by atoms with E-state index in [0.717, 1.165) is 5.56 Å². The third-order valence-corrected chi connectivity index (χ3v) is 3.30. The van der Waals surface area contributed by atoms with Gasteiger partial charge in [0.05, 0.1) is 18.7 Å². The number of methoxy groups -OCH3 is 1. The lowest BCUT2D eigenvalue weighted by atomic mass is 10.0. The lowest BCUT2D eigenvalue weighted by Crippen LogP contribution is -2.47. The van der Waals surface area contributed by atoms with Crippen molar-refractivity contribution in [2.75, 3.05) is 7.11 Å². The fourth-order valence-corrected chi connectivity index (χ4v) is 2.16. The van der Waals surface area contributed by atoms with Gasteiger partial charge >= 0.3 is 5.97 Å². The highest BCUT2D eigenvalue weighted by molar-refractivity contribution is 5.87. The molecule has 23 heavy (non-hydrogen) atoms. The Morgan fingerprint density at radius 3 is 2.65 bits per heavy atom. The molecule has 0 fully saturated rings. The summed E-state index contributed by atoms with van der Waals surface area (Å²) < 4.78 is 4.70. The zero-order valence-electron chi connectivity index (χ0n) is 13.6.